The van der Waals surface area contributed by atoms with Crippen molar-refractivity contribution in [2.24, 2.45) is 0 Å². The van der Waals surface area contributed by atoms with Gasteiger partial charge in [0.1, 0.15) is 0 Å². The van der Waals surface area contributed by atoms with Gasteiger partial charge >= 0.3 is 0 Å². The Hall–Kier alpha value is -2.12. The molecule has 0 saturated heterocycles. The molecule has 2 aromatic rings. The standard InChI is InChI=1S/C13H10ClN3O/c14-11-4-2-10(3-5-11)12-6-7-13(18)17(16-12)9-1-8-15/h2-7H,1,9H2. The molecule has 1 heterocycles. The van der Waals surface area contributed by atoms with E-state index in [9.17, 15) is 4.79 Å². The SMILES string of the molecule is N#CCCn1nc(-c2ccc(Cl)cc2)ccc1=O. The van der Waals surface area contributed by atoms with Crippen molar-refractivity contribution in [2.45, 2.75) is 13.0 Å². The minimum atomic E-state index is -0.206. The van der Waals surface area contributed by atoms with Crippen LogP contribution in [0.1, 0.15) is 6.42 Å². The van der Waals surface area contributed by atoms with Crippen LogP contribution in [0.2, 0.25) is 5.02 Å². The van der Waals surface area contributed by atoms with Crippen molar-refractivity contribution in [1.29, 1.82) is 5.26 Å². The monoisotopic (exact) mass is 259 g/mol. The average Bonchev–Trinajstić information content (AvgIpc) is 2.39. The first-order chi connectivity index (χ1) is 8.70. The third kappa shape index (κ3) is 2.76. The van der Waals surface area contributed by atoms with Crippen molar-refractivity contribution >= 4 is 11.6 Å². The van der Waals surface area contributed by atoms with E-state index in [4.69, 9.17) is 16.9 Å². The quantitative estimate of drug-likeness (QED) is 0.851. The van der Waals surface area contributed by atoms with E-state index in [1.807, 2.05) is 18.2 Å². The molecule has 1 aromatic carbocycles. The van der Waals surface area contributed by atoms with Gasteiger partial charge in [-0.1, -0.05) is 23.7 Å². The second kappa shape index (κ2) is 5.48. The first kappa shape index (κ1) is 12.3. The van der Waals surface area contributed by atoms with Gasteiger partial charge in [-0.25, -0.2) is 4.68 Å². The van der Waals surface area contributed by atoms with Crippen LogP contribution in [-0.2, 0) is 6.54 Å². The molecule has 0 amide bonds. The molecule has 0 saturated carbocycles. The molecular weight excluding hydrogens is 250 g/mol. The molecule has 0 aliphatic carbocycles. The van der Waals surface area contributed by atoms with Gasteiger partial charge in [-0.2, -0.15) is 10.4 Å². The molecule has 0 aliphatic rings. The fraction of sp³-hybridized carbons (Fsp3) is 0.154. The summed E-state index contributed by atoms with van der Waals surface area (Å²) in [6, 6.07) is 12.3. The summed E-state index contributed by atoms with van der Waals surface area (Å²) in [5, 5.41) is 13.4. The van der Waals surface area contributed by atoms with Crippen LogP contribution in [0.5, 0.6) is 0 Å². The zero-order chi connectivity index (χ0) is 13.0. The number of hydrogen-bond acceptors (Lipinski definition) is 3. The maximum Gasteiger partial charge on any atom is 0.266 e. The summed E-state index contributed by atoms with van der Waals surface area (Å²) in [6.07, 6.45) is 0.261. The highest BCUT2D eigenvalue weighted by Crippen LogP contribution is 2.18. The van der Waals surface area contributed by atoms with Gasteiger partial charge < -0.3 is 0 Å². The number of aryl methyl sites for hydroxylation is 1. The summed E-state index contributed by atoms with van der Waals surface area (Å²) >= 11 is 5.81. The second-order valence-corrected chi connectivity index (χ2v) is 4.13. The molecule has 0 bridgehead atoms. The van der Waals surface area contributed by atoms with Gasteiger partial charge in [0.15, 0.2) is 0 Å². The molecule has 90 valence electrons. The number of aromatic nitrogens is 2. The van der Waals surface area contributed by atoms with Crippen LogP contribution in [-0.4, -0.2) is 9.78 Å². The second-order valence-electron chi connectivity index (χ2n) is 3.69. The Labute approximate surface area is 109 Å². The van der Waals surface area contributed by atoms with Crippen molar-refractivity contribution in [1.82, 2.24) is 9.78 Å². The Morgan fingerprint density at radius 3 is 2.61 bits per heavy atom. The Morgan fingerprint density at radius 1 is 1.22 bits per heavy atom. The van der Waals surface area contributed by atoms with Gasteiger partial charge in [-0.3, -0.25) is 4.79 Å². The fourth-order valence-electron chi connectivity index (χ4n) is 1.54. The third-order valence-electron chi connectivity index (χ3n) is 2.44. The van der Waals surface area contributed by atoms with Crippen LogP contribution < -0.4 is 5.56 Å². The number of nitrogens with zero attached hydrogens (tertiary/aromatic N) is 3. The minimum Gasteiger partial charge on any atom is -0.268 e. The lowest BCUT2D eigenvalue weighted by atomic mass is 10.1. The Balaban J connectivity index is 2.37. The summed E-state index contributed by atoms with van der Waals surface area (Å²) in [6.45, 7) is 0.302. The molecule has 0 N–H and O–H groups in total. The summed E-state index contributed by atoms with van der Waals surface area (Å²) in [5.74, 6) is 0. The van der Waals surface area contributed by atoms with E-state index >= 15 is 0 Å². The number of nitriles is 1. The van der Waals surface area contributed by atoms with Crippen LogP contribution in [0.25, 0.3) is 11.3 Å². The Morgan fingerprint density at radius 2 is 1.94 bits per heavy atom. The number of hydrogen-bond donors (Lipinski definition) is 0. The Kier molecular flexibility index (Phi) is 3.75. The van der Waals surface area contributed by atoms with Gasteiger partial charge in [0.2, 0.25) is 0 Å². The molecule has 0 fully saturated rings. The highest BCUT2D eigenvalue weighted by molar-refractivity contribution is 6.30. The number of benzene rings is 1. The van der Waals surface area contributed by atoms with Gasteiger partial charge in [-0.15, -0.1) is 0 Å². The average molecular weight is 260 g/mol. The van der Waals surface area contributed by atoms with Crippen molar-refractivity contribution in [3.05, 3.63) is 51.8 Å². The predicted molar refractivity (Wildman–Crippen MR) is 69.2 cm³/mol. The molecule has 0 unspecified atom stereocenters. The lowest BCUT2D eigenvalue weighted by molar-refractivity contribution is 0.592. The molecule has 2 rings (SSSR count). The normalized spacial score (nSPS) is 10.0. The van der Waals surface area contributed by atoms with Gasteiger partial charge in [0.25, 0.3) is 5.56 Å². The summed E-state index contributed by atoms with van der Waals surface area (Å²) in [4.78, 5) is 11.5. The molecular formula is C13H10ClN3O. The molecule has 0 atom stereocenters. The topological polar surface area (TPSA) is 58.7 Å². The van der Waals surface area contributed by atoms with E-state index in [0.717, 1.165) is 5.56 Å². The zero-order valence-corrected chi connectivity index (χ0v) is 10.3. The first-order valence-electron chi connectivity index (χ1n) is 5.42. The van der Waals surface area contributed by atoms with Crippen LogP contribution in [0.15, 0.2) is 41.2 Å². The molecule has 0 radical (unpaired) electrons. The first-order valence-corrected chi connectivity index (χ1v) is 5.79. The highest BCUT2D eigenvalue weighted by Gasteiger charge is 2.03. The van der Waals surface area contributed by atoms with Gasteiger partial charge in [-0.05, 0) is 18.2 Å². The van der Waals surface area contributed by atoms with E-state index in [1.54, 1.807) is 18.2 Å². The number of rotatable bonds is 3. The maximum atomic E-state index is 11.5. The number of halogens is 1. The molecule has 5 heteroatoms. The molecule has 1 aromatic heterocycles. The van der Waals surface area contributed by atoms with Crippen molar-refractivity contribution in [3.63, 3.8) is 0 Å². The van der Waals surface area contributed by atoms with E-state index in [-0.39, 0.29) is 12.0 Å². The summed E-state index contributed by atoms with van der Waals surface area (Å²) in [7, 11) is 0. The minimum absolute atomic E-state index is 0.206. The smallest absolute Gasteiger partial charge is 0.266 e. The van der Waals surface area contributed by atoms with Crippen molar-refractivity contribution in [2.75, 3.05) is 0 Å². The molecule has 4 nitrogen and oxygen atoms in total. The Bertz CT molecular complexity index is 641. The van der Waals surface area contributed by atoms with Gasteiger partial charge in [0, 0.05) is 16.7 Å². The summed E-state index contributed by atoms with van der Waals surface area (Å²) < 4.78 is 1.30. The van der Waals surface area contributed by atoms with E-state index < -0.39 is 0 Å². The lowest BCUT2D eigenvalue weighted by Crippen LogP contribution is -2.22. The fourth-order valence-corrected chi connectivity index (χ4v) is 1.67. The van der Waals surface area contributed by atoms with E-state index in [2.05, 4.69) is 5.10 Å². The van der Waals surface area contributed by atoms with E-state index in [1.165, 1.54) is 10.7 Å². The third-order valence-corrected chi connectivity index (χ3v) is 2.69. The predicted octanol–water partition coefficient (Wildman–Crippen LogP) is 2.48. The van der Waals surface area contributed by atoms with Crippen molar-refractivity contribution in [3.8, 4) is 17.3 Å². The lowest BCUT2D eigenvalue weighted by Gasteiger charge is -2.05. The maximum absolute atomic E-state index is 11.5. The highest BCUT2D eigenvalue weighted by atomic mass is 35.5. The zero-order valence-electron chi connectivity index (χ0n) is 9.51. The van der Waals surface area contributed by atoms with Crippen molar-refractivity contribution < 1.29 is 0 Å². The molecule has 18 heavy (non-hydrogen) atoms. The van der Waals surface area contributed by atoms with Gasteiger partial charge in [0.05, 0.1) is 24.7 Å². The van der Waals surface area contributed by atoms with Crippen LogP contribution in [0.3, 0.4) is 0 Å². The van der Waals surface area contributed by atoms with E-state index in [0.29, 0.717) is 17.3 Å². The molecule has 0 aliphatic heterocycles. The van der Waals surface area contributed by atoms with Crippen LogP contribution in [0.4, 0.5) is 0 Å². The molecule has 0 spiro atoms. The van der Waals surface area contributed by atoms with Crippen LogP contribution >= 0.6 is 11.6 Å². The van der Waals surface area contributed by atoms with Crippen LogP contribution in [0, 0.1) is 11.3 Å². The summed E-state index contributed by atoms with van der Waals surface area (Å²) in [5.41, 5.74) is 1.36. The largest absolute Gasteiger partial charge is 0.268 e.